The highest BCUT2D eigenvalue weighted by Gasteiger charge is 2.24. The molecule has 0 aliphatic carbocycles. The van der Waals surface area contributed by atoms with Crippen molar-refractivity contribution in [1.82, 2.24) is 5.32 Å². The van der Waals surface area contributed by atoms with E-state index in [0.717, 1.165) is 48.6 Å². The third kappa shape index (κ3) is 8.44. The van der Waals surface area contributed by atoms with Gasteiger partial charge in [0.15, 0.2) is 0 Å². The van der Waals surface area contributed by atoms with Crippen molar-refractivity contribution >= 4 is 28.9 Å². The predicted molar refractivity (Wildman–Crippen MR) is 184 cm³/mol. The Bertz CT molecular complexity index is 1600. The summed E-state index contributed by atoms with van der Waals surface area (Å²) < 4.78 is 19.0. The summed E-state index contributed by atoms with van der Waals surface area (Å²) in [4.78, 5) is 31.3. The van der Waals surface area contributed by atoms with Crippen LogP contribution < -0.4 is 25.2 Å². The van der Waals surface area contributed by atoms with Crippen molar-refractivity contribution in [1.29, 1.82) is 0 Å². The van der Waals surface area contributed by atoms with Gasteiger partial charge in [-0.25, -0.2) is 4.39 Å². The summed E-state index contributed by atoms with van der Waals surface area (Å²) in [5.41, 5.74) is 5.43. The molecule has 240 valence electrons. The quantitative estimate of drug-likeness (QED) is 0.151. The predicted octanol–water partition coefficient (Wildman–Crippen LogP) is 7.47. The van der Waals surface area contributed by atoms with Crippen LogP contribution in [0.25, 0.3) is 0 Å². The standard InChI is InChI=1S/C38H43FN4O3/c1-3-4-5-6-9-28-12-16-30(17-13-28)37(44)41-32-20-21-34(33(26-32)38(45)40-27-29-14-18-31(39)19-15-29)42-22-24-43(25-23-42)35-10-7-8-11-36(35)46-2/h7-8,10-21,26H,3-6,9,22-25,27H2,1-2H3,(H,40,45)(H,41,44). The summed E-state index contributed by atoms with van der Waals surface area (Å²) in [6.07, 6.45) is 5.81. The molecule has 1 saturated heterocycles. The van der Waals surface area contributed by atoms with Crippen LogP contribution in [0, 0.1) is 5.82 Å². The lowest BCUT2D eigenvalue weighted by molar-refractivity contribution is 0.0950. The Labute approximate surface area is 271 Å². The van der Waals surface area contributed by atoms with E-state index in [2.05, 4.69) is 33.4 Å². The maximum absolute atomic E-state index is 13.6. The molecule has 5 rings (SSSR count). The van der Waals surface area contributed by atoms with Crippen molar-refractivity contribution in [2.45, 2.75) is 45.6 Å². The molecule has 2 N–H and O–H groups in total. The maximum atomic E-state index is 13.6. The zero-order valence-electron chi connectivity index (χ0n) is 26.7. The molecule has 0 aromatic heterocycles. The van der Waals surface area contributed by atoms with Crippen molar-refractivity contribution in [2.75, 3.05) is 48.4 Å². The third-order valence-corrected chi connectivity index (χ3v) is 8.45. The summed E-state index contributed by atoms with van der Waals surface area (Å²) in [6, 6.07) is 27.3. The van der Waals surface area contributed by atoms with Crippen molar-refractivity contribution in [3.05, 3.63) is 119 Å². The molecule has 7 nitrogen and oxygen atoms in total. The van der Waals surface area contributed by atoms with Gasteiger partial charge in [0, 0.05) is 49.7 Å². The molecule has 0 radical (unpaired) electrons. The molecule has 2 amide bonds. The second-order valence-electron chi connectivity index (χ2n) is 11.6. The van der Waals surface area contributed by atoms with Gasteiger partial charge >= 0.3 is 0 Å². The van der Waals surface area contributed by atoms with E-state index in [4.69, 9.17) is 4.74 Å². The van der Waals surface area contributed by atoms with Crippen LogP contribution in [0.2, 0.25) is 0 Å². The van der Waals surface area contributed by atoms with Crippen molar-refractivity contribution in [3.8, 4) is 5.75 Å². The van der Waals surface area contributed by atoms with Crippen molar-refractivity contribution < 1.29 is 18.7 Å². The number of methoxy groups -OCH3 is 1. The number of para-hydroxylation sites is 2. The molecule has 1 aliphatic rings. The first-order valence-electron chi connectivity index (χ1n) is 16.1. The summed E-state index contributed by atoms with van der Waals surface area (Å²) >= 11 is 0. The van der Waals surface area contributed by atoms with E-state index in [1.165, 1.54) is 37.0 Å². The molecular formula is C38H43FN4O3. The van der Waals surface area contributed by atoms with E-state index in [1.54, 1.807) is 25.3 Å². The molecule has 0 spiro atoms. The van der Waals surface area contributed by atoms with Gasteiger partial charge < -0.3 is 25.2 Å². The van der Waals surface area contributed by atoms with Gasteiger partial charge in [0.05, 0.1) is 18.4 Å². The highest BCUT2D eigenvalue weighted by Crippen LogP contribution is 2.31. The zero-order valence-corrected chi connectivity index (χ0v) is 26.7. The molecule has 8 heteroatoms. The van der Waals surface area contributed by atoms with E-state index in [1.807, 2.05) is 54.6 Å². The zero-order chi connectivity index (χ0) is 32.3. The number of hydrogen-bond donors (Lipinski definition) is 2. The van der Waals surface area contributed by atoms with Crippen molar-refractivity contribution in [3.63, 3.8) is 0 Å². The molecule has 1 aliphatic heterocycles. The fourth-order valence-electron chi connectivity index (χ4n) is 5.81. The molecule has 0 unspecified atom stereocenters. The molecule has 0 saturated carbocycles. The van der Waals surface area contributed by atoms with E-state index >= 15 is 0 Å². The van der Waals surface area contributed by atoms with Crippen molar-refractivity contribution in [2.24, 2.45) is 0 Å². The number of halogens is 1. The van der Waals surface area contributed by atoms with Crippen LogP contribution in [-0.2, 0) is 13.0 Å². The Morgan fingerprint density at radius 2 is 1.43 bits per heavy atom. The van der Waals surface area contributed by atoms with Gasteiger partial charge in [-0.1, -0.05) is 62.6 Å². The molecule has 1 heterocycles. The van der Waals surface area contributed by atoms with Gasteiger partial charge in [0.2, 0.25) is 0 Å². The number of rotatable bonds is 13. The number of hydrogen-bond acceptors (Lipinski definition) is 5. The first-order chi connectivity index (χ1) is 22.4. The summed E-state index contributed by atoms with van der Waals surface area (Å²) in [5, 5.41) is 5.96. The van der Waals surface area contributed by atoms with Gasteiger partial charge in [-0.05, 0) is 78.6 Å². The Balaban J connectivity index is 1.31. The number of piperazine rings is 1. The topological polar surface area (TPSA) is 73.9 Å². The number of nitrogens with one attached hydrogen (secondary N) is 2. The Kier molecular flexibility index (Phi) is 11.3. The van der Waals surface area contributed by atoms with E-state index in [-0.39, 0.29) is 24.2 Å². The first kappa shape index (κ1) is 32.5. The lowest BCUT2D eigenvalue weighted by atomic mass is 10.0. The van der Waals surface area contributed by atoms with Gasteiger partial charge in [-0.2, -0.15) is 0 Å². The molecule has 4 aromatic carbocycles. The minimum absolute atomic E-state index is 0.228. The molecular weight excluding hydrogens is 579 g/mol. The minimum Gasteiger partial charge on any atom is -0.495 e. The minimum atomic E-state index is -0.324. The van der Waals surface area contributed by atoms with Gasteiger partial charge in [0.1, 0.15) is 11.6 Å². The van der Waals surface area contributed by atoms with Crippen LogP contribution in [0.1, 0.15) is 64.4 Å². The fourth-order valence-corrected chi connectivity index (χ4v) is 5.81. The summed E-state index contributed by atoms with van der Waals surface area (Å²) in [6.45, 7) is 5.37. The second kappa shape index (κ2) is 15.9. The molecule has 1 fully saturated rings. The highest BCUT2D eigenvalue weighted by atomic mass is 19.1. The highest BCUT2D eigenvalue weighted by molar-refractivity contribution is 6.06. The van der Waals surface area contributed by atoms with Crippen LogP contribution >= 0.6 is 0 Å². The van der Waals surface area contributed by atoms with E-state index < -0.39 is 0 Å². The fraction of sp³-hybridized carbons (Fsp3) is 0.316. The number of anilines is 3. The van der Waals surface area contributed by atoms with Crippen LogP contribution in [-0.4, -0.2) is 45.1 Å². The Morgan fingerprint density at radius 3 is 2.13 bits per heavy atom. The van der Waals surface area contributed by atoms with Crippen LogP contribution in [0.15, 0.2) is 91.0 Å². The number of benzene rings is 4. The summed E-state index contributed by atoms with van der Waals surface area (Å²) in [7, 11) is 1.68. The smallest absolute Gasteiger partial charge is 0.255 e. The van der Waals surface area contributed by atoms with Gasteiger partial charge in [-0.3, -0.25) is 9.59 Å². The largest absolute Gasteiger partial charge is 0.495 e. The number of ether oxygens (including phenoxy) is 1. The van der Waals surface area contributed by atoms with E-state index in [9.17, 15) is 14.0 Å². The maximum Gasteiger partial charge on any atom is 0.255 e. The monoisotopic (exact) mass is 622 g/mol. The van der Waals surface area contributed by atoms with Crippen LogP contribution in [0.5, 0.6) is 5.75 Å². The second-order valence-corrected chi connectivity index (χ2v) is 11.6. The Hall–Kier alpha value is -4.85. The molecule has 0 atom stereocenters. The van der Waals surface area contributed by atoms with Gasteiger partial charge in [0.25, 0.3) is 11.8 Å². The number of aryl methyl sites for hydroxylation is 1. The van der Waals surface area contributed by atoms with Crippen LogP contribution in [0.4, 0.5) is 21.5 Å². The lowest BCUT2D eigenvalue weighted by Crippen LogP contribution is -2.47. The molecule has 4 aromatic rings. The first-order valence-corrected chi connectivity index (χ1v) is 16.1. The van der Waals surface area contributed by atoms with Gasteiger partial charge in [-0.15, -0.1) is 0 Å². The number of amides is 2. The average Bonchev–Trinajstić information content (AvgIpc) is 3.10. The van der Waals surface area contributed by atoms with Crippen LogP contribution in [0.3, 0.4) is 0 Å². The Morgan fingerprint density at radius 1 is 0.761 bits per heavy atom. The SMILES string of the molecule is CCCCCCc1ccc(C(=O)Nc2ccc(N3CCN(c4ccccc4OC)CC3)c(C(=O)NCc3ccc(F)cc3)c2)cc1. The lowest BCUT2D eigenvalue weighted by Gasteiger charge is -2.38. The number of unbranched alkanes of at least 4 members (excludes halogenated alkanes) is 3. The molecule has 46 heavy (non-hydrogen) atoms. The van der Waals surface area contributed by atoms with E-state index in [0.29, 0.717) is 29.9 Å². The number of carbonyl (C=O) groups is 2. The number of nitrogens with zero attached hydrogens (tertiary/aromatic N) is 2. The summed E-state index contributed by atoms with van der Waals surface area (Å²) in [5.74, 6) is 0.0107. The number of carbonyl (C=O) groups excluding carboxylic acids is 2. The normalized spacial score (nSPS) is 12.9. The average molecular weight is 623 g/mol. The molecule has 0 bridgehead atoms. The third-order valence-electron chi connectivity index (χ3n) is 8.45.